The van der Waals surface area contributed by atoms with Crippen molar-refractivity contribution in [3.8, 4) is 0 Å². The summed E-state index contributed by atoms with van der Waals surface area (Å²) in [6.45, 7) is 1.74. The molecule has 16 heavy (non-hydrogen) atoms. The molecule has 0 radical (unpaired) electrons. The Morgan fingerprint density at radius 1 is 1.56 bits per heavy atom. The number of pyridine rings is 1. The highest BCUT2D eigenvalue weighted by molar-refractivity contribution is 6.31. The zero-order valence-electron chi connectivity index (χ0n) is 8.18. The summed E-state index contributed by atoms with van der Waals surface area (Å²) in [5, 5.41) is 10.3. The summed E-state index contributed by atoms with van der Waals surface area (Å²) in [6.07, 6.45) is 1.42. The molecule has 0 N–H and O–H groups in total. The third-order valence-corrected chi connectivity index (χ3v) is 2.43. The van der Waals surface area contributed by atoms with Crippen molar-refractivity contribution < 1.29 is 4.92 Å². The second-order valence-corrected chi connectivity index (χ2v) is 3.56. The lowest BCUT2D eigenvalue weighted by molar-refractivity contribution is -0.386. The highest BCUT2D eigenvalue weighted by Gasteiger charge is 2.22. The van der Waals surface area contributed by atoms with E-state index < -0.39 is 16.2 Å². The molecular weight excluding hydrogens is 234 g/mol. The highest BCUT2D eigenvalue weighted by atomic mass is 35.5. The Morgan fingerprint density at radius 3 is 2.88 bits per heavy atom. The summed E-state index contributed by atoms with van der Waals surface area (Å²) < 4.78 is 1.11. The number of rotatable bonds is 1. The Labute approximate surface area is 94.3 Å². The molecule has 0 fully saturated rings. The summed E-state index contributed by atoms with van der Waals surface area (Å²) in [4.78, 5) is 25.4. The molecule has 0 amide bonds. The molecule has 0 aromatic carbocycles. The Hall–Kier alpha value is -1.95. The van der Waals surface area contributed by atoms with Gasteiger partial charge in [-0.1, -0.05) is 17.7 Å². The van der Waals surface area contributed by atoms with Crippen molar-refractivity contribution >= 4 is 22.9 Å². The van der Waals surface area contributed by atoms with E-state index in [2.05, 4.69) is 4.98 Å². The van der Waals surface area contributed by atoms with Crippen molar-refractivity contribution in [1.82, 2.24) is 9.38 Å². The van der Waals surface area contributed by atoms with Crippen molar-refractivity contribution in [2.75, 3.05) is 0 Å². The lowest BCUT2D eigenvalue weighted by Crippen LogP contribution is -2.19. The van der Waals surface area contributed by atoms with E-state index in [-0.39, 0.29) is 5.15 Å². The molecule has 7 heteroatoms. The van der Waals surface area contributed by atoms with Crippen LogP contribution in [-0.4, -0.2) is 14.3 Å². The van der Waals surface area contributed by atoms with Gasteiger partial charge in [0.05, 0.1) is 4.92 Å². The molecule has 6 nitrogen and oxygen atoms in total. The summed E-state index contributed by atoms with van der Waals surface area (Å²) >= 11 is 5.61. The third kappa shape index (κ3) is 1.43. The van der Waals surface area contributed by atoms with E-state index in [4.69, 9.17) is 11.6 Å². The molecule has 0 aliphatic carbocycles. The van der Waals surface area contributed by atoms with Crippen LogP contribution in [0.15, 0.2) is 23.1 Å². The fourth-order valence-corrected chi connectivity index (χ4v) is 1.65. The number of nitro groups is 1. The van der Waals surface area contributed by atoms with Gasteiger partial charge in [-0.05, 0) is 18.6 Å². The summed E-state index contributed by atoms with van der Waals surface area (Å²) in [5.74, 6) is 0. The lowest BCUT2D eigenvalue weighted by Gasteiger charge is -2.03. The maximum Gasteiger partial charge on any atom is 0.371 e. The van der Waals surface area contributed by atoms with Gasteiger partial charge < -0.3 is 0 Å². The van der Waals surface area contributed by atoms with Gasteiger partial charge in [0.2, 0.25) is 5.15 Å². The number of aryl methyl sites for hydroxylation is 1. The van der Waals surface area contributed by atoms with Gasteiger partial charge in [0.25, 0.3) is 0 Å². The van der Waals surface area contributed by atoms with Gasteiger partial charge in [0.1, 0.15) is 5.65 Å². The van der Waals surface area contributed by atoms with Gasteiger partial charge in [0.15, 0.2) is 0 Å². The molecule has 2 aromatic heterocycles. The van der Waals surface area contributed by atoms with Crippen molar-refractivity contribution in [2.45, 2.75) is 6.92 Å². The number of hydrogen-bond donors (Lipinski definition) is 0. The first-order valence-corrected chi connectivity index (χ1v) is 4.72. The molecule has 0 spiro atoms. The van der Waals surface area contributed by atoms with Crippen LogP contribution in [0.4, 0.5) is 5.69 Å². The number of fused-ring (bicyclic) bond motifs is 1. The monoisotopic (exact) mass is 239 g/mol. The second-order valence-electron chi connectivity index (χ2n) is 3.20. The van der Waals surface area contributed by atoms with Crippen LogP contribution in [-0.2, 0) is 0 Å². The van der Waals surface area contributed by atoms with Crippen LogP contribution in [0.2, 0.25) is 5.15 Å². The van der Waals surface area contributed by atoms with Crippen molar-refractivity contribution in [3.05, 3.63) is 49.5 Å². The summed E-state index contributed by atoms with van der Waals surface area (Å²) in [6, 6.07) is 3.35. The predicted octanol–water partition coefficient (Wildman–Crippen LogP) is 1.56. The SMILES string of the molecule is Cc1cccn2c(=O)c([N+](=O)[O-])c(Cl)nc12. The lowest BCUT2D eigenvalue weighted by atomic mass is 10.3. The third-order valence-electron chi connectivity index (χ3n) is 2.17. The number of hydrogen-bond acceptors (Lipinski definition) is 4. The fourth-order valence-electron chi connectivity index (χ4n) is 1.42. The molecule has 0 aliphatic heterocycles. The van der Waals surface area contributed by atoms with Gasteiger partial charge in [-0.15, -0.1) is 0 Å². The van der Waals surface area contributed by atoms with Gasteiger partial charge in [-0.2, -0.15) is 0 Å². The van der Waals surface area contributed by atoms with Crippen LogP contribution in [0, 0.1) is 17.0 Å². The maximum atomic E-state index is 11.7. The van der Waals surface area contributed by atoms with Crippen LogP contribution in [0.25, 0.3) is 5.65 Å². The predicted molar refractivity (Wildman–Crippen MR) is 57.9 cm³/mol. The molecule has 2 aromatic rings. The van der Waals surface area contributed by atoms with Crippen LogP contribution < -0.4 is 5.56 Å². The largest absolute Gasteiger partial charge is 0.371 e. The van der Waals surface area contributed by atoms with Gasteiger partial charge >= 0.3 is 11.2 Å². The molecule has 82 valence electrons. The average molecular weight is 240 g/mol. The molecule has 0 bridgehead atoms. The molecule has 0 aliphatic rings. The van der Waals surface area contributed by atoms with Crippen molar-refractivity contribution in [3.63, 3.8) is 0 Å². The van der Waals surface area contributed by atoms with E-state index in [1.165, 1.54) is 6.20 Å². The Morgan fingerprint density at radius 2 is 2.25 bits per heavy atom. The highest BCUT2D eigenvalue weighted by Crippen LogP contribution is 2.18. The standard InChI is InChI=1S/C9H6ClN3O3/c1-5-3-2-4-12-8(5)11-7(10)6(9(12)14)13(15)16/h2-4H,1H3. The molecule has 0 unspecified atom stereocenters. The minimum absolute atomic E-state index is 0.322. The molecule has 2 rings (SSSR count). The first-order chi connectivity index (χ1) is 7.52. The summed E-state index contributed by atoms with van der Waals surface area (Å²) in [7, 11) is 0. The van der Waals surface area contributed by atoms with Crippen LogP contribution in [0.1, 0.15) is 5.56 Å². The zero-order valence-corrected chi connectivity index (χ0v) is 8.93. The molecular formula is C9H6ClN3O3. The van der Waals surface area contributed by atoms with Crippen LogP contribution in [0.3, 0.4) is 0 Å². The van der Waals surface area contributed by atoms with E-state index in [9.17, 15) is 14.9 Å². The minimum Gasteiger partial charge on any atom is -0.262 e. The van der Waals surface area contributed by atoms with Gasteiger partial charge in [-0.25, -0.2) is 4.98 Å². The first kappa shape index (κ1) is 10.6. The summed E-state index contributed by atoms with van der Waals surface area (Å²) in [5.41, 5.74) is -0.437. The minimum atomic E-state index is -0.827. The molecule has 0 atom stereocenters. The number of aromatic nitrogens is 2. The molecule has 0 saturated heterocycles. The van der Waals surface area contributed by atoms with E-state index in [0.717, 1.165) is 9.96 Å². The molecule has 0 saturated carbocycles. The smallest absolute Gasteiger partial charge is 0.262 e. The maximum absolute atomic E-state index is 11.7. The topological polar surface area (TPSA) is 77.5 Å². The quantitative estimate of drug-likeness (QED) is 0.430. The normalized spacial score (nSPS) is 10.6. The van der Waals surface area contributed by atoms with Crippen molar-refractivity contribution in [2.24, 2.45) is 0 Å². The number of halogens is 1. The fraction of sp³-hybridized carbons (Fsp3) is 0.111. The molecule has 2 heterocycles. The Bertz CT molecular complexity index is 650. The van der Waals surface area contributed by atoms with E-state index >= 15 is 0 Å². The number of nitrogens with zero attached hydrogens (tertiary/aromatic N) is 3. The Kier molecular flexibility index (Phi) is 2.35. The Balaban J connectivity index is 3.01. The van der Waals surface area contributed by atoms with Gasteiger partial charge in [-0.3, -0.25) is 19.3 Å². The van der Waals surface area contributed by atoms with Crippen LogP contribution in [0.5, 0.6) is 0 Å². The van der Waals surface area contributed by atoms with Gasteiger partial charge in [0, 0.05) is 6.20 Å². The van der Waals surface area contributed by atoms with E-state index in [1.54, 1.807) is 19.1 Å². The van der Waals surface area contributed by atoms with E-state index in [1.807, 2.05) is 0 Å². The van der Waals surface area contributed by atoms with E-state index in [0.29, 0.717) is 5.65 Å². The zero-order chi connectivity index (χ0) is 11.9. The average Bonchev–Trinajstić information content (AvgIpc) is 2.19. The second kappa shape index (κ2) is 3.57. The van der Waals surface area contributed by atoms with Crippen LogP contribution >= 0.6 is 11.6 Å². The van der Waals surface area contributed by atoms with Crippen molar-refractivity contribution in [1.29, 1.82) is 0 Å². The first-order valence-electron chi connectivity index (χ1n) is 4.34.